The number of carbonyl (C=O) groups is 3. The molecule has 2 saturated heterocycles. The molecule has 3 rings (SSSR count). The lowest BCUT2D eigenvalue weighted by Gasteiger charge is -2.29. The van der Waals surface area contributed by atoms with E-state index in [0.717, 1.165) is 6.07 Å². The normalized spacial score (nSPS) is 25.0. The highest BCUT2D eigenvalue weighted by Crippen LogP contribution is 2.47. The van der Waals surface area contributed by atoms with E-state index < -0.39 is 30.2 Å². The van der Waals surface area contributed by atoms with Crippen LogP contribution in [0.4, 0.5) is 4.39 Å². The summed E-state index contributed by atoms with van der Waals surface area (Å²) in [5.74, 6) is -1.37. The third-order valence-electron chi connectivity index (χ3n) is 4.54. The maximum Gasteiger partial charge on any atom is 0.330 e. The van der Waals surface area contributed by atoms with Crippen LogP contribution in [0.2, 0.25) is 0 Å². The quantitative estimate of drug-likeness (QED) is 0.586. The number of methoxy groups -OCH3 is 1. The molecule has 8 heteroatoms. The number of thioether (sulfide) groups is 1. The number of esters is 1. The van der Waals surface area contributed by atoms with Crippen molar-refractivity contribution in [1.29, 1.82) is 0 Å². The van der Waals surface area contributed by atoms with E-state index >= 15 is 0 Å². The first-order chi connectivity index (χ1) is 11.9. The van der Waals surface area contributed by atoms with Crippen molar-refractivity contribution in [2.75, 3.05) is 19.5 Å². The topological polar surface area (TPSA) is 72.9 Å². The van der Waals surface area contributed by atoms with Gasteiger partial charge in [-0.2, -0.15) is 0 Å². The predicted octanol–water partition coefficient (Wildman–Crippen LogP) is 2.01. The summed E-state index contributed by atoms with van der Waals surface area (Å²) in [7, 11) is 1.33. The molecule has 0 N–H and O–H groups in total. The number of ether oxygens (including phenoxy) is 2. The van der Waals surface area contributed by atoms with Crippen molar-refractivity contribution in [3.63, 3.8) is 0 Å². The first-order valence-corrected chi connectivity index (χ1v) is 8.84. The molecule has 0 aliphatic carbocycles. The molecular weight excluding hydrogens is 349 g/mol. The first kappa shape index (κ1) is 17.7. The summed E-state index contributed by atoms with van der Waals surface area (Å²) < 4.78 is 23.5. The van der Waals surface area contributed by atoms with Crippen LogP contribution in [0.3, 0.4) is 0 Å². The number of ketones is 1. The Balaban J connectivity index is 1.62. The molecule has 2 aliphatic heterocycles. The van der Waals surface area contributed by atoms with Crippen LogP contribution in [0.1, 0.15) is 30.1 Å². The summed E-state index contributed by atoms with van der Waals surface area (Å²) >= 11 is 1.55. The van der Waals surface area contributed by atoms with Gasteiger partial charge in [0.05, 0.1) is 12.0 Å². The molecule has 0 radical (unpaired) electrons. The summed E-state index contributed by atoms with van der Waals surface area (Å²) in [4.78, 5) is 37.6. The Hall–Kier alpha value is -2.09. The Bertz CT molecular complexity index is 740. The number of halogens is 1. The number of rotatable bonds is 5. The first-order valence-electron chi connectivity index (χ1n) is 7.85. The molecule has 6 nitrogen and oxygen atoms in total. The van der Waals surface area contributed by atoms with E-state index in [1.165, 1.54) is 19.2 Å². The average molecular weight is 367 g/mol. The van der Waals surface area contributed by atoms with Gasteiger partial charge in [-0.1, -0.05) is 0 Å². The fourth-order valence-corrected chi connectivity index (χ4v) is 4.57. The van der Waals surface area contributed by atoms with Gasteiger partial charge in [-0.25, -0.2) is 9.18 Å². The summed E-state index contributed by atoms with van der Waals surface area (Å²) in [5, 5.41) is 0. The van der Waals surface area contributed by atoms with E-state index in [9.17, 15) is 18.8 Å². The SMILES string of the molecule is COc1ccc(C(=O)COC(=O)[C@@H]2CS[C@]3(C)CCC(=O)N23)cc1F. The smallest absolute Gasteiger partial charge is 0.330 e. The lowest BCUT2D eigenvalue weighted by molar-refractivity contribution is -0.152. The molecule has 0 spiro atoms. The summed E-state index contributed by atoms with van der Waals surface area (Å²) in [6.07, 6.45) is 1.11. The fourth-order valence-electron chi connectivity index (χ4n) is 3.15. The van der Waals surface area contributed by atoms with Crippen LogP contribution in [0.15, 0.2) is 18.2 Å². The maximum absolute atomic E-state index is 13.7. The molecule has 2 aliphatic rings. The number of amides is 1. The van der Waals surface area contributed by atoms with E-state index in [-0.39, 0.29) is 22.1 Å². The number of Topliss-reactive ketones (excluding diaryl/α,β-unsaturated/α-hetero) is 1. The van der Waals surface area contributed by atoms with Gasteiger partial charge in [0.1, 0.15) is 6.04 Å². The summed E-state index contributed by atoms with van der Waals surface area (Å²) in [5.41, 5.74) is 0.0917. The number of hydrogen-bond acceptors (Lipinski definition) is 6. The molecule has 1 amide bonds. The van der Waals surface area contributed by atoms with Crippen molar-refractivity contribution >= 4 is 29.4 Å². The zero-order valence-corrected chi connectivity index (χ0v) is 14.7. The van der Waals surface area contributed by atoms with Gasteiger partial charge in [-0.15, -0.1) is 11.8 Å². The maximum atomic E-state index is 13.7. The molecule has 2 atom stereocenters. The van der Waals surface area contributed by atoms with Crippen LogP contribution in [0, 0.1) is 5.82 Å². The van der Waals surface area contributed by atoms with Gasteiger partial charge in [0.15, 0.2) is 24.0 Å². The number of hydrogen-bond donors (Lipinski definition) is 0. The van der Waals surface area contributed by atoms with Crippen molar-refractivity contribution in [1.82, 2.24) is 4.90 Å². The lowest BCUT2D eigenvalue weighted by atomic mass is 10.1. The van der Waals surface area contributed by atoms with Gasteiger partial charge in [0.25, 0.3) is 0 Å². The van der Waals surface area contributed by atoms with Gasteiger partial charge in [0.2, 0.25) is 5.91 Å². The molecule has 0 saturated carbocycles. The number of carbonyl (C=O) groups excluding carboxylic acids is 3. The highest BCUT2D eigenvalue weighted by Gasteiger charge is 2.53. The van der Waals surface area contributed by atoms with Crippen LogP contribution in [0.25, 0.3) is 0 Å². The van der Waals surface area contributed by atoms with Crippen molar-refractivity contribution in [2.45, 2.75) is 30.7 Å². The van der Waals surface area contributed by atoms with Crippen LogP contribution in [-0.4, -0.2) is 52.9 Å². The lowest BCUT2D eigenvalue weighted by Crippen LogP contribution is -2.46. The van der Waals surface area contributed by atoms with Crippen molar-refractivity contribution in [3.05, 3.63) is 29.6 Å². The highest BCUT2D eigenvalue weighted by molar-refractivity contribution is 8.01. The number of benzene rings is 1. The Morgan fingerprint density at radius 1 is 1.44 bits per heavy atom. The van der Waals surface area contributed by atoms with Gasteiger partial charge in [-0.05, 0) is 31.5 Å². The second-order valence-corrected chi connectivity index (χ2v) is 7.65. The zero-order chi connectivity index (χ0) is 18.2. The minimum absolute atomic E-state index is 0.0309. The van der Waals surface area contributed by atoms with Crippen molar-refractivity contribution in [3.8, 4) is 5.75 Å². The standard InChI is InChI=1S/C17H18FNO5S/c1-17-6-5-15(21)19(17)12(9-25-17)16(22)24-8-13(20)10-3-4-14(23-2)11(18)7-10/h3-4,7,12H,5-6,8-9H2,1-2H3/t12-,17+/m0/s1. The number of fused-ring (bicyclic) bond motifs is 1. The molecule has 0 unspecified atom stereocenters. The second-order valence-electron chi connectivity index (χ2n) is 6.15. The predicted molar refractivity (Wildman–Crippen MR) is 89.0 cm³/mol. The number of nitrogens with zero attached hydrogens (tertiary/aromatic N) is 1. The molecule has 25 heavy (non-hydrogen) atoms. The summed E-state index contributed by atoms with van der Waals surface area (Å²) in [6.45, 7) is 1.44. The molecule has 1 aromatic carbocycles. The van der Waals surface area contributed by atoms with Crippen molar-refractivity contribution in [2.24, 2.45) is 0 Å². The third-order valence-corrected chi connectivity index (χ3v) is 6.04. The Morgan fingerprint density at radius 3 is 2.88 bits per heavy atom. The zero-order valence-electron chi connectivity index (χ0n) is 13.9. The van der Waals surface area contributed by atoms with Crippen LogP contribution in [-0.2, 0) is 14.3 Å². The fraction of sp³-hybridized carbons (Fsp3) is 0.471. The van der Waals surface area contributed by atoms with Crippen LogP contribution >= 0.6 is 11.8 Å². The Morgan fingerprint density at radius 2 is 2.20 bits per heavy atom. The summed E-state index contributed by atoms with van der Waals surface area (Å²) in [6, 6.07) is 3.11. The van der Waals surface area contributed by atoms with E-state index in [2.05, 4.69) is 0 Å². The van der Waals surface area contributed by atoms with E-state index in [1.54, 1.807) is 16.7 Å². The highest BCUT2D eigenvalue weighted by atomic mass is 32.2. The van der Waals surface area contributed by atoms with E-state index in [4.69, 9.17) is 9.47 Å². The second kappa shape index (κ2) is 6.67. The van der Waals surface area contributed by atoms with Gasteiger partial charge in [-0.3, -0.25) is 9.59 Å². The largest absolute Gasteiger partial charge is 0.494 e. The van der Waals surface area contributed by atoms with Crippen molar-refractivity contribution < 1.29 is 28.2 Å². The monoisotopic (exact) mass is 367 g/mol. The van der Waals surface area contributed by atoms with E-state index in [1.807, 2.05) is 6.92 Å². The van der Waals surface area contributed by atoms with E-state index in [0.29, 0.717) is 18.6 Å². The van der Waals surface area contributed by atoms with Crippen LogP contribution in [0.5, 0.6) is 5.75 Å². The minimum atomic E-state index is -0.676. The van der Waals surface area contributed by atoms with Crippen LogP contribution < -0.4 is 4.74 Å². The molecular formula is C17H18FNO5S. The minimum Gasteiger partial charge on any atom is -0.494 e. The molecule has 0 bridgehead atoms. The molecule has 134 valence electrons. The molecule has 0 aromatic heterocycles. The van der Waals surface area contributed by atoms with Gasteiger partial charge >= 0.3 is 5.97 Å². The molecule has 2 fully saturated rings. The van der Waals surface area contributed by atoms with Gasteiger partial charge in [0, 0.05) is 17.7 Å². The molecule has 1 aromatic rings. The Labute approximate surface area is 148 Å². The third kappa shape index (κ3) is 3.22. The average Bonchev–Trinajstić information content (AvgIpc) is 3.08. The molecule has 2 heterocycles. The Kier molecular flexibility index (Phi) is 4.73. The van der Waals surface area contributed by atoms with Gasteiger partial charge < -0.3 is 14.4 Å².